The van der Waals surface area contributed by atoms with Crippen LogP contribution in [0.1, 0.15) is 44.3 Å². The van der Waals surface area contributed by atoms with Gasteiger partial charge in [0.1, 0.15) is 5.60 Å². The Hall–Kier alpha value is -2.55. The molecule has 2 rings (SSSR count). The minimum absolute atomic E-state index is 0.0869. The number of halogens is 1. The molecule has 1 atom stereocenters. The molecule has 1 heterocycles. The van der Waals surface area contributed by atoms with Crippen LogP contribution in [-0.4, -0.2) is 23.7 Å². The smallest absolute Gasteiger partial charge is 0.457 e. The summed E-state index contributed by atoms with van der Waals surface area (Å²) in [5.41, 5.74) is 0.266. The van der Waals surface area contributed by atoms with E-state index in [1.54, 1.807) is 20.8 Å². The van der Waals surface area contributed by atoms with Crippen LogP contribution in [0.5, 0.6) is 0 Å². The highest BCUT2D eigenvalue weighted by atomic mass is 79.9. The predicted molar refractivity (Wildman–Crippen MR) is 107 cm³/mol. The maximum atomic E-state index is 12.3. The van der Waals surface area contributed by atoms with Crippen LogP contribution in [0.2, 0.25) is 0 Å². The molecule has 1 aromatic carbocycles. The largest absolute Gasteiger partial charge is 0.519 e. The fourth-order valence-corrected chi connectivity index (χ4v) is 2.73. The van der Waals surface area contributed by atoms with E-state index in [-0.39, 0.29) is 24.5 Å². The molecule has 0 aliphatic heterocycles. The Bertz CT molecular complexity index is 893. The first-order chi connectivity index (χ1) is 13.5. The van der Waals surface area contributed by atoms with Gasteiger partial charge in [-0.25, -0.2) is 9.59 Å². The van der Waals surface area contributed by atoms with Crippen LogP contribution in [0.25, 0.3) is 0 Å². The Morgan fingerprint density at radius 2 is 1.83 bits per heavy atom. The van der Waals surface area contributed by atoms with E-state index >= 15 is 0 Å². The minimum Gasteiger partial charge on any atom is -0.457 e. The van der Waals surface area contributed by atoms with E-state index < -0.39 is 29.5 Å². The van der Waals surface area contributed by atoms with Crippen molar-refractivity contribution in [3.63, 3.8) is 0 Å². The molecular weight excluding hydrogens is 446 g/mol. The van der Waals surface area contributed by atoms with E-state index in [1.807, 2.05) is 24.3 Å². The third kappa shape index (κ3) is 8.15. The molecule has 0 bridgehead atoms. The monoisotopic (exact) mass is 469 g/mol. The number of esters is 1. The van der Waals surface area contributed by atoms with E-state index in [9.17, 15) is 14.4 Å². The van der Waals surface area contributed by atoms with E-state index in [1.165, 1.54) is 6.92 Å². The van der Waals surface area contributed by atoms with Crippen LogP contribution in [0, 0.1) is 6.92 Å². The molecule has 0 saturated heterocycles. The van der Waals surface area contributed by atoms with Crippen molar-refractivity contribution in [2.24, 2.45) is 0 Å². The molecule has 0 aliphatic carbocycles. The molecule has 1 N–H and O–H groups in total. The van der Waals surface area contributed by atoms with Crippen LogP contribution >= 0.6 is 15.9 Å². The molecule has 0 aliphatic rings. The summed E-state index contributed by atoms with van der Waals surface area (Å²) in [6, 6.07) is 6.99. The highest BCUT2D eigenvalue weighted by Gasteiger charge is 2.23. The van der Waals surface area contributed by atoms with Crippen molar-refractivity contribution in [3.05, 3.63) is 56.4 Å². The maximum Gasteiger partial charge on any atom is 0.519 e. The Kier molecular flexibility index (Phi) is 7.66. The standard InChI is InChI=1S/C20H24BrNO7/c1-12-16(28-19(25)27-12)11-26-17(23)10-15(22-18(24)29-20(2,3)4)9-13-5-7-14(21)8-6-13/h5-8,15H,9-11H2,1-4H3,(H,22,24). The van der Waals surface area contributed by atoms with Gasteiger partial charge >= 0.3 is 17.9 Å². The first kappa shape index (κ1) is 22.7. The molecule has 1 aromatic heterocycles. The topological polar surface area (TPSA) is 108 Å². The number of benzene rings is 1. The van der Waals surface area contributed by atoms with Gasteiger partial charge in [0, 0.05) is 10.5 Å². The lowest BCUT2D eigenvalue weighted by Crippen LogP contribution is -2.41. The summed E-state index contributed by atoms with van der Waals surface area (Å²) in [5.74, 6) is -1.02. The van der Waals surface area contributed by atoms with Gasteiger partial charge in [-0.1, -0.05) is 28.1 Å². The first-order valence-corrected chi connectivity index (χ1v) is 9.80. The second-order valence-electron chi connectivity index (χ2n) is 7.47. The highest BCUT2D eigenvalue weighted by Crippen LogP contribution is 2.15. The second-order valence-corrected chi connectivity index (χ2v) is 8.39. The van der Waals surface area contributed by atoms with Crippen molar-refractivity contribution in [1.82, 2.24) is 5.32 Å². The summed E-state index contributed by atoms with van der Waals surface area (Å²) in [6.45, 7) is 6.57. The number of rotatable bonds is 7. The van der Waals surface area contributed by atoms with Crippen LogP contribution in [0.15, 0.2) is 42.4 Å². The second kappa shape index (κ2) is 9.78. The van der Waals surface area contributed by atoms with Gasteiger partial charge in [0.25, 0.3) is 0 Å². The summed E-state index contributed by atoms with van der Waals surface area (Å²) in [4.78, 5) is 35.5. The zero-order chi connectivity index (χ0) is 21.6. The number of alkyl carbamates (subject to hydrolysis) is 1. The van der Waals surface area contributed by atoms with E-state index in [0.717, 1.165) is 10.0 Å². The van der Waals surface area contributed by atoms with Crippen LogP contribution in [0.4, 0.5) is 4.79 Å². The Labute approximate surface area is 176 Å². The number of carbonyl (C=O) groups excluding carboxylic acids is 2. The lowest BCUT2D eigenvalue weighted by Gasteiger charge is -2.23. The van der Waals surface area contributed by atoms with E-state index in [0.29, 0.717) is 6.42 Å². The fraction of sp³-hybridized carbons (Fsp3) is 0.450. The van der Waals surface area contributed by atoms with Gasteiger partial charge < -0.3 is 23.6 Å². The summed E-state index contributed by atoms with van der Waals surface area (Å²) < 4.78 is 20.9. The number of hydrogen-bond donors (Lipinski definition) is 1. The van der Waals surface area contributed by atoms with Gasteiger partial charge in [0.2, 0.25) is 0 Å². The Morgan fingerprint density at radius 1 is 1.17 bits per heavy atom. The van der Waals surface area contributed by atoms with Crippen molar-refractivity contribution >= 4 is 28.0 Å². The number of hydrogen-bond acceptors (Lipinski definition) is 7. The van der Waals surface area contributed by atoms with Gasteiger partial charge in [-0.15, -0.1) is 0 Å². The van der Waals surface area contributed by atoms with E-state index in [2.05, 4.69) is 21.2 Å². The zero-order valence-corrected chi connectivity index (χ0v) is 18.3. The molecule has 9 heteroatoms. The van der Waals surface area contributed by atoms with Crippen LogP contribution in [-0.2, 0) is 27.3 Å². The molecule has 8 nitrogen and oxygen atoms in total. The van der Waals surface area contributed by atoms with Gasteiger partial charge in [-0.2, -0.15) is 0 Å². The number of ether oxygens (including phenoxy) is 2. The summed E-state index contributed by atoms with van der Waals surface area (Å²) in [6.07, 6.45) is -0.304. The van der Waals surface area contributed by atoms with Gasteiger partial charge in [-0.05, 0) is 51.8 Å². The SMILES string of the molecule is Cc1oc(=O)oc1COC(=O)CC(Cc1ccc(Br)cc1)NC(=O)OC(C)(C)C. The number of carbonyl (C=O) groups is 2. The molecule has 0 fully saturated rings. The summed E-state index contributed by atoms with van der Waals surface area (Å²) in [5, 5.41) is 2.72. The normalized spacial score (nSPS) is 12.3. The van der Waals surface area contributed by atoms with Crippen LogP contribution < -0.4 is 11.1 Å². The average Bonchev–Trinajstić information content (AvgIpc) is 2.90. The van der Waals surface area contributed by atoms with Crippen molar-refractivity contribution in [3.8, 4) is 0 Å². The van der Waals surface area contributed by atoms with Crippen molar-refractivity contribution in [2.75, 3.05) is 0 Å². The number of amides is 1. The number of nitrogens with one attached hydrogen (secondary N) is 1. The molecule has 0 saturated carbocycles. The molecule has 29 heavy (non-hydrogen) atoms. The number of aryl methyl sites for hydroxylation is 1. The van der Waals surface area contributed by atoms with Gasteiger partial charge in [0.15, 0.2) is 18.1 Å². The Balaban J connectivity index is 2.01. The summed E-state index contributed by atoms with van der Waals surface area (Å²) in [7, 11) is 0. The lowest BCUT2D eigenvalue weighted by molar-refractivity contribution is -0.146. The third-order valence-corrected chi connectivity index (χ3v) is 4.26. The molecule has 1 unspecified atom stereocenters. The third-order valence-electron chi connectivity index (χ3n) is 3.73. The summed E-state index contributed by atoms with van der Waals surface area (Å²) >= 11 is 3.37. The molecule has 158 valence electrons. The van der Waals surface area contributed by atoms with E-state index in [4.69, 9.17) is 18.3 Å². The van der Waals surface area contributed by atoms with Crippen molar-refractivity contribution in [2.45, 2.75) is 58.8 Å². The Morgan fingerprint density at radius 3 is 2.38 bits per heavy atom. The van der Waals surface area contributed by atoms with Gasteiger partial charge in [0.05, 0.1) is 6.42 Å². The molecule has 1 amide bonds. The average molecular weight is 470 g/mol. The molecule has 2 aromatic rings. The highest BCUT2D eigenvalue weighted by molar-refractivity contribution is 9.10. The van der Waals surface area contributed by atoms with Gasteiger partial charge in [-0.3, -0.25) is 4.79 Å². The minimum atomic E-state index is -0.853. The molecule has 0 spiro atoms. The van der Waals surface area contributed by atoms with Crippen molar-refractivity contribution in [1.29, 1.82) is 0 Å². The first-order valence-electron chi connectivity index (χ1n) is 9.01. The molecule has 0 radical (unpaired) electrons. The lowest BCUT2D eigenvalue weighted by atomic mass is 10.0. The quantitative estimate of drug-likeness (QED) is 0.612. The fourth-order valence-electron chi connectivity index (χ4n) is 2.47. The predicted octanol–water partition coefficient (Wildman–Crippen LogP) is 3.87. The zero-order valence-electron chi connectivity index (χ0n) is 16.7. The molecular formula is C20H24BrNO7. The maximum absolute atomic E-state index is 12.3. The van der Waals surface area contributed by atoms with Crippen LogP contribution in [0.3, 0.4) is 0 Å². The van der Waals surface area contributed by atoms with Crippen molar-refractivity contribution < 1.29 is 27.9 Å².